The Hall–Kier alpha value is -1.88. The van der Waals surface area contributed by atoms with Gasteiger partial charge in [-0.25, -0.2) is 0 Å². The van der Waals surface area contributed by atoms with Crippen molar-refractivity contribution in [1.29, 1.82) is 0 Å². The monoisotopic (exact) mass is 290 g/mol. The molecular formula is C16H22N2O3. The van der Waals surface area contributed by atoms with Gasteiger partial charge in [0.1, 0.15) is 6.61 Å². The van der Waals surface area contributed by atoms with E-state index in [1.54, 1.807) is 4.90 Å². The molecule has 1 fully saturated rings. The highest BCUT2D eigenvalue weighted by molar-refractivity contribution is 5.84. The van der Waals surface area contributed by atoms with Gasteiger partial charge in [-0.05, 0) is 12.0 Å². The van der Waals surface area contributed by atoms with E-state index in [9.17, 15) is 9.59 Å². The lowest BCUT2D eigenvalue weighted by Gasteiger charge is -2.36. The van der Waals surface area contributed by atoms with Gasteiger partial charge in [0.05, 0.1) is 5.92 Å². The summed E-state index contributed by atoms with van der Waals surface area (Å²) in [6.07, 6.45) is 0.763. The smallest absolute Gasteiger partial charge is 0.248 e. The van der Waals surface area contributed by atoms with E-state index in [-0.39, 0.29) is 17.7 Å². The maximum absolute atomic E-state index is 12.6. The van der Waals surface area contributed by atoms with Crippen molar-refractivity contribution >= 4 is 11.8 Å². The van der Waals surface area contributed by atoms with Crippen molar-refractivity contribution in [3.8, 4) is 0 Å². The average Bonchev–Trinajstić information content (AvgIpc) is 2.56. The number of carbonyl (C=O) groups excluding carboxylic acids is 2. The summed E-state index contributed by atoms with van der Waals surface area (Å²) in [5.74, 6) is -0.261. The minimum Gasteiger partial charge on any atom is -0.387 e. The van der Waals surface area contributed by atoms with Gasteiger partial charge in [0.2, 0.25) is 11.8 Å². The number of amides is 2. The summed E-state index contributed by atoms with van der Waals surface area (Å²) in [7, 11) is 0. The summed E-state index contributed by atoms with van der Waals surface area (Å²) in [5, 5.41) is 8.87. The molecule has 5 nitrogen and oxygen atoms in total. The van der Waals surface area contributed by atoms with Gasteiger partial charge < -0.3 is 14.9 Å². The second-order valence-corrected chi connectivity index (χ2v) is 5.24. The minimum absolute atomic E-state index is 0.119. The van der Waals surface area contributed by atoms with Gasteiger partial charge >= 0.3 is 0 Å². The van der Waals surface area contributed by atoms with Crippen molar-refractivity contribution in [2.75, 3.05) is 32.8 Å². The van der Waals surface area contributed by atoms with E-state index in [1.165, 1.54) is 0 Å². The Morgan fingerprint density at radius 3 is 2.19 bits per heavy atom. The van der Waals surface area contributed by atoms with Gasteiger partial charge in [-0.2, -0.15) is 0 Å². The molecule has 1 N–H and O–H groups in total. The number of hydrogen-bond donors (Lipinski definition) is 1. The van der Waals surface area contributed by atoms with Gasteiger partial charge in [0.15, 0.2) is 0 Å². The van der Waals surface area contributed by atoms with Gasteiger partial charge in [-0.1, -0.05) is 37.3 Å². The minimum atomic E-state index is -0.463. The zero-order valence-electron chi connectivity index (χ0n) is 12.4. The van der Waals surface area contributed by atoms with Crippen molar-refractivity contribution in [3.63, 3.8) is 0 Å². The third-order valence-corrected chi connectivity index (χ3v) is 3.99. The highest BCUT2D eigenvalue weighted by atomic mass is 16.3. The first-order valence-electron chi connectivity index (χ1n) is 7.39. The Balaban J connectivity index is 1.99. The van der Waals surface area contributed by atoms with Crippen LogP contribution in [0, 0.1) is 0 Å². The third kappa shape index (κ3) is 3.61. The molecule has 0 aromatic heterocycles. The van der Waals surface area contributed by atoms with Crippen LogP contribution < -0.4 is 0 Å². The highest BCUT2D eigenvalue weighted by Gasteiger charge is 2.28. The molecular weight excluding hydrogens is 268 g/mol. The Labute approximate surface area is 125 Å². The Kier molecular flexibility index (Phi) is 5.33. The molecule has 0 spiro atoms. The lowest BCUT2D eigenvalue weighted by Crippen LogP contribution is -2.52. The van der Waals surface area contributed by atoms with E-state index in [2.05, 4.69) is 0 Å². The van der Waals surface area contributed by atoms with Crippen LogP contribution >= 0.6 is 0 Å². The molecule has 5 heteroatoms. The van der Waals surface area contributed by atoms with Gasteiger partial charge in [0.25, 0.3) is 0 Å². The first-order chi connectivity index (χ1) is 10.2. The maximum atomic E-state index is 12.6. The number of rotatable bonds is 4. The number of hydrogen-bond acceptors (Lipinski definition) is 3. The van der Waals surface area contributed by atoms with Crippen molar-refractivity contribution < 1.29 is 14.7 Å². The molecule has 0 bridgehead atoms. The van der Waals surface area contributed by atoms with E-state index in [4.69, 9.17) is 5.11 Å². The van der Waals surface area contributed by atoms with Crippen LogP contribution in [-0.4, -0.2) is 59.5 Å². The molecule has 2 amide bonds. The molecule has 0 radical (unpaired) electrons. The summed E-state index contributed by atoms with van der Waals surface area (Å²) in [4.78, 5) is 27.5. The number of nitrogens with zero attached hydrogens (tertiary/aromatic N) is 2. The van der Waals surface area contributed by atoms with Crippen LogP contribution in [0.25, 0.3) is 0 Å². The van der Waals surface area contributed by atoms with Crippen LogP contribution in [0.4, 0.5) is 0 Å². The zero-order chi connectivity index (χ0) is 15.2. The molecule has 1 atom stereocenters. The predicted octanol–water partition coefficient (Wildman–Crippen LogP) is 0.843. The van der Waals surface area contributed by atoms with E-state index in [0.717, 1.165) is 12.0 Å². The fourth-order valence-electron chi connectivity index (χ4n) is 2.73. The molecule has 21 heavy (non-hydrogen) atoms. The maximum Gasteiger partial charge on any atom is 0.248 e. The highest BCUT2D eigenvalue weighted by Crippen LogP contribution is 2.22. The second kappa shape index (κ2) is 7.22. The fraction of sp³-hybridized carbons (Fsp3) is 0.500. The van der Waals surface area contributed by atoms with Crippen LogP contribution in [-0.2, 0) is 9.59 Å². The van der Waals surface area contributed by atoms with E-state index in [0.29, 0.717) is 26.2 Å². The van der Waals surface area contributed by atoms with Gasteiger partial charge in [-0.15, -0.1) is 0 Å². The second-order valence-electron chi connectivity index (χ2n) is 5.24. The zero-order valence-corrected chi connectivity index (χ0v) is 12.4. The summed E-state index contributed by atoms with van der Waals surface area (Å²) in [6.45, 7) is 3.62. The largest absolute Gasteiger partial charge is 0.387 e. The number of piperazine rings is 1. The number of benzene rings is 1. The number of aliphatic hydroxyl groups excluding tert-OH is 1. The summed E-state index contributed by atoms with van der Waals surface area (Å²) in [5.41, 5.74) is 1.04. The van der Waals surface area contributed by atoms with Crippen molar-refractivity contribution in [2.45, 2.75) is 19.3 Å². The lowest BCUT2D eigenvalue weighted by atomic mass is 9.95. The first-order valence-corrected chi connectivity index (χ1v) is 7.39. The standard InChI is InChI=1S/C16H22N2O3/c1-2-14(13-6-4-3-5-7-13)16(21)18-10-8-17(9-11-18)15(20)12-19/h3-7,14,19H,2,8-12H2,1H3. The van der Waals surface area contributed by atoms with E-state index < -0.39 is 6.61 Å². The Bertz CT molecular complexity index is 482. The normalized spacial score (nSPS) is 16.7. The first kappa shape index (κ1) is 15.5. The van der Waals surface area contributed by atoms with Crippen LogP contribution in [0.2, 0.25) is 0 Å². The van der Waals surface area contributed by atoms with Crippen LogP contribution in [0.3, 0.4) is 0 Å². The van der Waals surface area contributed by atoms with Crippen molar-refractivity contribution in [3.05, 3.63) is 35.9 Å². The van der Waals surface area contributed by atoms with Crippen LogP contribution in [0.5, 0.6) is 0 Å². The van der Waals surface area contributed by atoms with Crippen LogP contribution in [0.15, 0.2) is 30.3 Å². The molecule has 114 valence electrons. The summed E-state index contributed by atoms with van der Waals surface area (Å²) in [6, 6.07) is 9.81. The molecule has 1 aromatic carbocycles. The number of carbonyl (C=O) groups is 2. The van der Waals surface area contributed by atoms with E-state index >= 15 is 0 Å². The Morgan fingerprint density at radius 1 is 1.10 bits per heavy atom. The quantitative estimate of drug-likeness (QED) is 0.894. The number of aliphatic hydroxyl groups is 1. The molecule has 1 aromatic rings. The van der Waals surface area contributed by atoms with Gasteiger partial charge in [-0.3, -0.25) is 9.59 Å². The Morgan fingerprint density at radius 2 is 1.67 bits per heavy atom. The average molecular weight is 290 g/mol. The predicted molar refractivity (Wildman–Crippen MR) is 79.7 cm³/mol. The molecule has 1 saturated heterocycles. The van der Waals surface area contributed by atoms with Crippen LogP contribution in [0.1, 0.15) is 24.8 Å². The molecule has 1 heterocycles. The molecule has 1 unspecified atom stereocenters. The van der Waals surface area contributed by atoms with Crippen molar-refractivity contribution in [2.24, 2.45) is 0 Å². The summed E-state index contributed by atoms with van der Waals surface area (Å²) >= 11 is 0. The van der Waals surface area contributed by atoms with E-state index in [1.807, 2.05) is 42.2 Å². The molecule has 0 aliphatic carbocycles. The molecule has 1 aliphatic heterocycles. The molecule has 0 saturated carbocycles. The summed E-state index contributed by atoms with van der Waals surface area (Å²) < 4.78 is 0. The van der Waals surface area contributed by atoms with Crippen molar-refractivity contribution in [1.82, 2.24) is 9.80 Å². The topological polar surface area (TPSA) is 60.9 Å². The molecule has 2 rings (SSSR count). The molecule has 1 aliphatic rings. The third-order valence-electron chi connectivity index (χ3n) is 3.99. The lowest BCUT2D eigenvalue weighted by molar-refractivity contribution is -0.142. The van der Waals surface area contributed by atoms with Gasteiger partial charge in [0, 0.05) is 26.2 Å². The fourth-order valence-corrected chi connectivity index (χ4v) is 2.73. The SMILES string of the molecule is CCC(C(=O)N1CCN(C(=O)CO)CC1)c1ccccc1.